The van der Waals surface area contributed by atoms with Gasteiger partial charge in [-0.2, -0.15) is 0 Å². The molecule has 176 valence electrons. The van der Waals surface area contributed by atoms with Crippen LogP contribution in [0.25, 0.3) is 49.7 Å². The summed E-state index contributed by atoms with van der Waals surface area (Å²) in [6.45, 7) is 12.4. The van der Waals surface area contributed by atoms with Gasteiger partial charge in [0.25, 0.3) is 0 Å². The molecule has 0 spiro atoms. The molecule has 6 heteroatoms. The Morgan fingerprint density at radius 1 is 0.971 bits per heavy atom. The van der Waals surface area contributed by atoms with Gasteiger partial charge in [-0.25, -0.2) is 9.83 Å². The molecule has 0 saturated carbocycles. The second kappa shape index (κ2) is 10.3. The van der Waals surface area contributed by atoms with E-state index >= 15 is 0 Å². The van der Waals surface area contributed by atoms with Crippen molar-refractivity contribution in [1.29, 1.82) is 0 Å². The first-order chi connectivity index (χ1) is 16.5. The molecule has 0 atom stereocenters. The predicted octanol–water partition coefficient (Wildman–Crippen LogP) is 7.14. The standard InChI is InChI=1S/C29H23N4O.Pt/c1-19(2)18-33-26-12-7-10-23(20-8-6-9-21(16-20)25-11-4-5-15-31-25)28(26)32-29(33)24-17-22(30-3)13-14-27(24)34;/h4-15,17,19,34H,18H2,1-2H3;/q-1;. The van der Waals surface area contributed by atoms with Crippen molar-refractivity contribution in [3.63, 3.8) is 0 Å². The van der Waals surface area contributed by atoms with Crippen LogP contribution in [0.2, 0.25) is 0 Å². The molecule has 0 aliphatic rings. The van der Waals surface area contributed by atoms with Gasteiger partial charge < -0.3 is 9.67 Å². The zero-order valence-electron chi connectivity index (χ0n) is 19.3. The number of hydrogen-bond donors (Lipinski definition) is 1. The summed E-state index contributed by atoms with van der Waals surface area (Å²) < 4.78 is 2.13. The Bertz CT molecular complexity index is 1530. The number of imidazole rings is 1. The van der Waals surface area contributed by atoms with Crippen LogP contribution in [0.4, 0.5) is 5.69 Å². The van der Waals surface area contributed by atoms with E-state index in [2.05, 4.69) is 40.4 Å². The van der Waals surface area contributed by atoms with Gasteiger partial charge in [0.15, 0.2) is 5.69 Å². The summed E-state index contributed by atoms with van der Waals surface area (Å²) in [6.07, 6.45) is 1.78. The summed E-state index contributed by atoms with van der Waals surface area (Å²) in [7, 11) is 0. The number of rotatable bonds is 5. The SMILES string of the molecule is [C-]#[N+]c1ccc(O)c(-c2nc3c(-c4[c-]c(-c5ccccn5)ccc4)cccc3n2CC(C)C)c1.[Pt]. The van der Waals surface area contributed by atoms with E-state index in [0.29, 0.717) is 23.0 Å². The quantitative estimate of drug-likeness (QED) is 0.208. The second-order valence-corrected chi connectivity index (χ2v) is 8.62. The molecule has 0 fully saturated rings. The van der Waals surface area contributed by atoms with Gasteiger partial charge in [0.05, 0.1) is 17.6 Å². The number of aromatic nitrogens is 3. The summed E-state index contributed by atoms with van der Waals surface area (Å²) in [6, 6.07) is 26.4. The van der Waals surface area contributed by atoms with Crippen LogP contribution < -0.4 is 0 Å². The Kier molecular flexibility index (Phi) is 7.14. The molecule has 5 nitrogen and oxygen atoms in total. The maximum absolute atomic E-state index is 10.6. The largest absolute Gasteiger partial charge is 0.507 e. The Morgan fingerprint density at radius 2 is 1.77 bits per heavy atom. The first kappa shape index (κ1) is 24.4. The van der Waals surface area contributed by atoms with Crippen LogP contribution in [0, 0.1) is 18.6 Å². The average Bonchev–Trinajstić information content (AvgIpc) is 3.22. The number of benzene rings is 3. The summed E-state index contributed by atoms with van der Waals surface area (Å²) >= 11 is 0. The van der Waals surface area contributed by atoms with Crippen molar-refractivity contribution < 1.29 is 26.2 Å². The number of phenolic OH excluding ortho intramolecular Hbond substituents is 1. The fraction of sp³-hybridized carbons (Fsp3) is 0.138. The monoisotopic (exact) mass is 638 g/mol. The van der Waals surface area contributed by atoms with Gasteiger partial charge in [-0.1, -0.05) is 55.3 Å². The number of para-hydroxylation sites is 1. The van der Waals surface area contributed by atoms with Crippen LogP contribution in [0.1, 0.15) is 13.8 Å². The van der Waals surface area contributed by atoms with Crippen LogP contribution in [0.3, 0.4) is 0 Å². The van der Waals surface area contributed by atoms with Crippen LogP contribution in [0.15, 0.2) is 79.0 Å². The molecule has 0 aliphatic heterocycles. The van der Waals surface area contributed by atoms with Crippen molar-refractivity contribution in [3.8, 4) is 39.5 Å². The van der Waals surface area contributed by atoms with E-state index in [1.165, 1.54) is 0 Å². The molecule has 0 radical (unpaired) electrons. The van der Waals surface area contributed by atoms with E-state index in [1.807, 2.05) is 48.5 Å². The maximum Gasteiger partial charge on any atom is 0.188 e. The van der Waals surface area contributed by atoms with Crippen molar-refractivity contribution in [2.45, 2.75) is 20.4 Å². The van der Waals surface area contributed by atoms with Gasteiger partial charge in [-0.3, -0.25) is 4.98 Å². The molecule has 35 heavy (non-hydrogen) atoms. The molecule has 5 rings (SSSR count). The summed E-state index contributed by atoms with van der Waals surface area (Å²) in [5, 5.41) is 10.6. The third-order valence-corrected chi connectivity index (χ3v) is 5.70. The van der Waals surface area contributed by atoms with Crippen molar-refractivity contribution in [2.75, 3.05) is 0 Å². The van der Waals surface area contributed by atoms with Crippen LogP contribution in [-0.2, 0) is 27.6 Å². The molecule has 0 saturated heterocycles. The second-order valence-electron chi connectivity index (χ2n) is 8.62. The van der Waals surface area contributed by atoms with Gasteiger partial charge in [0.1, 0.15) is 11.6 Å². The van der Waals surface area contributed by atoms with Crippen molar-refractivity contribution in [2.24, 2.45) is 5.92 Å². The molecule has 3 aromatic carbocycles. The third kappa shape index (κ3) is 4.76. The predicted molar refractivity (Wildman–Crippen MR) is 135 cm³/mol. The molecule has 1 N–H and O–H groups in total. The summed E-state index contributed by atoms with van der Waals surface area (Å²) in [5.41, 5.74) is 6.50. The van der Waals surface area contributed by atoms with Gasteiger partial charge in [-0.15, -0.1) is 29.8 Å². The van der Waals surface area contributed by atoms with Crippen LogP contribution >= 0.6 is 0 Å². The van der Waals surface area contributed by atoms with Crippen LogP contribution in [0.5, 0.6) is 5.75 Å². The summed E-state index contributed by atoms with van der Waals surface area (Å²) in [4.78, 5) is 13.0. The van der Waals surface area contributed by atoms with Crippen LogP contribution in [-0.4, -0.2) is 19.6 Å². The van der Waals surface area contributed by atoms with Gasteiger partial charge >= 0.3 is 0 Å². The maximum atomic E-state index is 10.6. The minimum atomic E-state index is 0. The number of pyridine rings is 1. The number of fused-ring (bicyclic) bond motifs is 1. The van der Waals surface area contributed by atoms with Gasteiger partial charge in [-0.05, 0) is 30.2 Å². The Morgan fingerprint density at radius 3 is 2.51 bits per heavy atom. The smallest absolute Gasteiger partial charge is 0.188 e. The van der Waals surface area contributed by atoms with Crippen molar-refractivity contribution in [1.82, 2.24) is 14.5 Å². The molecule has 2 heterocycles. The van der Waals surface area contributed by atoms with Crippen molar-refractivity contribution >= 4 is 16.7 Å². The molecule has 0 amide bonds. The minimum Gasteiger partial charge on any atom is -0.507 e. The fourth-order valence-electron chi connectivity index (χ4n) is 4.19. The zero-order valence-corrected chi connectivity index (χ0v) is 21.6. The number of aromatic hydroxyl groups is 1. The normalized spacial score (nSPS) is 10.8. The van der Waals surface area contributed by atoms with E-state index < -0.39 is 0 Å². The Balaban J connectivity index is 0.00000289. The minimum absolute atomic E-state index is 0. The molecular formula is C29H23N4OPt-. The molecule has 2 aromatic heterocycles. The topological polar surface area (TPSA) is 55.3 Å². The average molecular weight is 639 g/mol. The van der Waals surface area contributed by atoms with Crippen molar-refractivity contribution in [3.05, 3.63) is 96.5 Å². The Hall–Kier alpha value is -3.74. The van der Waals surface area contributed by atoms with E-state index in [1.54, 1.807) is 24.4 Å². The molecule has 0 aliphatic carbocycles. The number of hydrogen-bond acceptors (Lipinski definition) is 3. The first-order valence-electron chi connectivity index (χ1n) is 11.2. The third-order valence-electron chi connectivity index (χ3n) is 5.70. The van der Waals surface area contributed by atoms with Gasteiger partial charge in [0.2, 0.25) is 0 Å². The van der Waals surface area contributed by atoms with E-state index in [0.717, 1.165) is 40.0 Å². The fourth-order valence-corrected chi connectivity index (χ4v) is 4.19. The molecule has 0 bridgehead atoms. The van der Waals surface area contributed by atoms with E-state index in [9.17, 15) is 5.11 Å². The summed E-state index contributed by atoms with van der Waals surface area (Å²) in [5.74, 6) is 1.13. The molecule has 5 aromatic rings. The van der Waals surface area contributed by atoms with E-state index in [-0.39, 0.29) is 26.8 Å². The Labute approximate surface area is 219 Å². The molecule has 0 unspecified atom stereocenters. The first-order valence-corrected chi connectivity index (χ1v) is 11.2. The van der Waals surface area contributed by atoms with E-state index in [4.69, 9.17) is 11.6 Å². The van der Waals surface area contributed by atoms with Gasteiger partial charge in [0, 0.05) is 45.1 Å². The number of phenols is 1. The molecular weight excluding hydrogens is 615 g/mol. The zero-order chi connectivity index (χ0) is 23.7. The number of nitrogens with zero attached hydrogens (tertiary/aromatic N) is 4.